The van der Waals surface area contributed by atoms with Crippen LogP contribution in [0.15, 0.2) is 55.4 Å². The Kier molecular flexibility index (Phi) is 6.29. The lowest BCUT2D eigenvalue weighted by atomic mass is 9.81. The molecule has 0 saturated heterocycles. The first-order valence-electron chi connectivity index (χ1n) is 12.0. The van der Waals surface area contributed by atoms with Crippen molar-refractivity contribution >= 4 is 0 Å². The Morgan fingerprint density at radius 3 is 1.85 bits per heavy atom. The maximum absolute atomic E-state index is 4.55. The summed E-state index contributed by atoms with van der Waals surface area (Å²) >= 11 is 0. The van der Waals surface area contributed by atoms with E-state index in [2.05, 4.69) is 105 Å². The molecule has 0 atom stereocenters. The highest BCUT2D eigenvalue weighted by Crippen LogP contribution is 2.40. The molecule has 0 spiro atoms. The Morgan fingerprint density at radius 2 is 1.36 bits per heavy atom. The van der Waals surface area contributed by atoms with Gasteiger partial charge in [0.2, 0.25) is 0 Å². The number of benzene rings is 2. The van der Waals surface area contributed by atoms with Crippen molar-refractivity contribution in [3.63, 3.8) is 0 Å². The van der Waals surface area contributed by atoms with Gasteiger partial charge < -0.3 is 9.13 Å². The van der Waals surface area contributed by atoms with Gasteiger partial charge in [0.05, 0.1) is 18.3 Å². The van der Waals surface area contributed by atoms with E-state index < -0.39 is 0 Å². The van der Waals surface area contributed by atoms with Gasteiger partial charge in [-0.1, -0.05) is 53.7 Å². The van der Waals surface area contributed by atoms with E-state index in [9.17, 15) is 0 Å². The number of imidazole rings is 2. The molecule has 0 unspecified atom stereocenters. The lowest BCUT2D eigenvalue weighted by Gasteiger charge is -2.24. The number of aryl methyl sites for hydroxylation is 1. The number of hydrogen-bond donors (Lipinski definition) is 0. The molecular weight excluding hydrogens is 404 g/mol. The Bertz CT molecular complexity index is 1230. The zero-order valence-corrected chi connectivity index (χ0v) is 21.2. The minimum absolute atomic E-state index is 0.425. The minimum Gasteiger partial charge on any atom is -0.306 e. The van der Waals surface area contributed by atoms with Crippen LogP contribution in [0.3, 0.4) is 0 Å². The predicted molar refractivity (Wildman–Crippen MR) is 138 cm³/mol. The largest absolute Gasteiger partial charge is 0.306 e. The molecule has 172 valence electrons. The summed E-state index contributed by atoms with van der Waals surface area (Å²) in [4.78, 5) is 8.85. The molecule has 4 aromatic rings. The lowest BCUT2D eigenvalue weighted by molar-refractivity contribution is 0.807. The molecule has 2 aromatic carbocycles. The van der Waals surface area contributed by atoms with Gasteiger partial charge in [-0.05, 0) is 77.6 Å². The zero-order valence-electron chi connectivity index (χ0n) is 21.2. The smallest absolute Gasteiger partial charge is 0.0997 e. The van der Waals surface area contributed by atoms with Crippen LogP contribution in [-0.2, 0) is 0 Å². The molecule has 0 radical (unpaired) electrons. The first kappa shape index (κ1) is 23.0. The molecular formula is C29H36N4. The van der Waals surface area contributed by atoms with Gasteiger partial charge in [-0.2, -0.15) is 0 Å². The monoisotopic (exact) mass is 440 g/mol. The molecule has 0 aliphatic heterocycles. The summed E-state index contributed by atoms with van der Waals surface area (Å²) < 4.78 is 4.27. The molecule has 0 fully saturated rings. The van der Waals surface area contributed by atoms with Gasteiger partial charge in [-0.15, -0.1) is 0 Å². The molecule has 0 amide bonds. The molecule has 4 heteroatoms. The molecule has 0 saturated carbocycles. The van der Waals surface area contributed by atoms with Gasteiger partial charge in [0.25, 0.3) is 0 Å². The van der Waals surface area contributed by atoms with E-state index in [1.807, 2.05) is 25.0 Å². The molecule has 4 nitrogen and oxygen atoms in total. The van der Waals surface area contributed by atoms with E-state index in [1.54, 1.807) is 0 Å². The summed E-state index contributed by atoms with van der Waals surface area (Å²) in [6.07, 6.45) is 7.62. The zero-order chi connectivity index (χ0) is 23.9. The van der Waals surface area contributed by atoms with Crippen LogP contribution in [0, 0.1) is 13.8 Å². The van der Waals surface area contributed by atoms with Crippen LogP contribution in [0.4, 0.5) is 0 Å². The third-order valence-corrected chi connectivity index (χ3v) is 6.66. The molecule has 4 rings (SSSR count). The average Bonchev–Trinajstić information content (AvgIpc) is 3.43. The second-order valence-electron chi connectivity index (χ2n) is 10.0. The third-order valence-electron chi connectivity index (χ3n) is 6.66. The second-order valence-corrected chi connectivity index (χ2v) is 10.0. The number of aromatic nitrogens is 4. The van der Waals surface area contributed by atoms with Crippen molar-refractivity contribution < 1.29 is 0 Å². The van der Waals surface area contributed by atoms with E-state index in [0.717, 1.165) is 22.8 Å². The normalized spacial score (nSPS) is 11.8. The summed E-state index contributed by atoms with van der Waals surface area (Å²) in [5, 5.41) is 0. The number of hydrogen-bond acceptors (Lipinski definition) is 2. The summed E-state index contributed by atoms with van der Waals surface area (Å²) in [5.41, 5.74) is 11.3. The highest BCUT2D eigenvalue weighted by atomic mass is 15.1. The SMILES string of the molecule is Cc1ncn(-c2cc(-c3c(C(C)C)cc(C(C)C)cc3C(C)C)cc(-n3ccnc3)c2)c1C. The predicted octanol–water partition coefficient (Wildman–Crippen LogP) is 7.71. The van der Waals surface area contributed by atoms with Gasteiger partial charge in [0, 0.05) is 29.5 Å². The van der Waals surface area contributed by atoms with Crippen molar-refractivity contribution in [1.29, 1.82) is 0 Å². The first-order valence-corrected chi connectivity index (χ1v) is 12.0. The molecule has 0 aliphatic rings. The molecule has 0 N–H and O–H groups in total. The van der Waals surface area contributed by atoms with E-state index in [4.69, 9.17) is 0 Å². The number of nitrogens with zero attached hydrogens (tertiary/aromatic N) is 4. The lowest BCUT2D eigenvalue weighted by Crippen LogP contribution is -2.05. The fraction of sp³-hybridized carbons (Fsp3) is 0.379. The highest BCUT2D eigenvalue weighted by Gasteiger charge is 2.20. The molecule has 33 heavy (non-hydrogen) atoms. The Hall–Kier alpha value is -3.14. The van der Waals surface area contributed by atoms with Gasteiger partial charge in [-0.3, -0.25) is 0 Å². The van der Waals surface area contributed by atoms with Crippen LogP contribution in [0.1, 0.15) is 87.4 Å². The number of rotatable bonds is 6. The van der Waals surface area contributed by atoms with Gasteiger partial charge in [0.1, 0.15) is 0 Å². The first-order chi connectivity index (χ1) is 15.7. The van der Waals surface area contributed by atoms with Crippen LogP contribution in [0.2, 0.25) is 0 Å². The van der Waals surface area contributed by atoms with E-state index in [0.29, 0.717) is 17.8 Å². The Balaban J connectivity index is 2.05. The van der Waals surface area contributed by atoms with Crippen LogP contribution >= 0.6 is 0 Å². The Labute approximate surface area is 198 Å². The van der Waals surface area contributed by atoms with Crippen molar-refractivity contribution in [3.8, 4) is 22.5 Å². The van der Waals surface area contributed by atoms with Gasteiger partial charge >= 0.3 is 0 Å². The van der Waals surface area contributed by atoms with E-state index in [-0.39, 0.29) is 0 Å². The molecule has 0 aliphatic carbocycles. The maximum atomic E-state index is 4.55. The summed E-state index contributed by atoms with van der Waals surface area (Å²) in [5.74, 6) is 1.35. The summed E-state index contributed by atoms with van der Waals surface area (Å²) in [6, 6.07) is 11.7. The van der Waals surface area contributed by atoms with Crippen LogP contribution < -0.4 is 0 Å². The van der Waals surface area contributed by atoms with Crippen molar-refractivity contribution in [2.24, 2.45) is 0 Å². The minimum atomic E-state index is 0.425. The van der Waals surface area contributed by atoms with E-state index >= 15 is 0 Å². The topological polar surface area (TPSA) is 35.6 Å². The Morgan fingerprint density at radius 1 is 0.727 bits per heavy atom. The van der Waals surface area contributed by atoms with Gasteiger partial charge in [-0.25, -0.2) is 9.97 Å². The van der Waals surface area contributed by atoms with Crippen LogP contribution in [-0.4, -0.2) is 19.1 Å². The summed E-state index contributed by atoms with van der Waals surface area (Å²) in [6.45, 7) is 18.0. The fourth-order valence-corrected chi connectivity index (χ4v) is 4.49. The highest BCUT2D eigenvalue weighted by molar-refractivity contribution is 5.77. The quantitative estimate of drug-likeness (QED) is 0.308. The summed E-state index contributed by atoms with van der Waals surface area (Å²) in [7, 11) is 0. The molecule has 0 bridgehead atoms. The van der Waals surface area contributed by atoms with Gasteiger partial charge in [0.15, 0.2) is 0 Å². The molecule has 2 aromatic heterocycles. The molecule has 2 heterocycles. The van der Waals surface area contributed by atoms with Crippen LogP contribution in [0.25, 0.3) is 22.5 Å². The van der Waals surface area contributed by atoms with Crippen molar-refractivity contribution in [3.05, 3.63) is 83.5 Å². The maximum Gasteiger partial charge on any atom is 0.0997 e. The fourth-order valence-electron chi connectivity index (χ4n) is 4.49. The third kappa shape index (κ3) is 4.39. The average molecular weight is 441 g/mol. The van der Waals surface area contributed by atoms with Crippen molar-refractivity contribution in [1.82, 2.24) is 19.1 Å². The van der Waals surface area contributed by atoms with E-state index in [1.165, 1.54) is 27.8 Å². The standard InChI is InChI=1S/C29H36N4/c1-18(2)23-13-27(19(3)4)29(28(14-23)20(5)6)24-11-25(32-10-9-30-16-32)15-26(12-24)33-17-31-21(7)22(33)8/h9-20H,1-8H3. The van der Waals surface area contributed by atoms with Crippen LogP contribution in [0.5, 0.6) is 0 Å². The van der Waals surface area contributed by atoms with Crippen molar-refractivity contribution in [2.45, 2.75) is 73.1 Å². The second kappa shape index (κ2) is 9.01. The van der Waals surface area contributed by atoms with Crippen molar-refractivity contribution in [2.75, 3.05) is 0 Å².